The maximum atomic E-state index is 11.8. The molecule has 0 heterocycles. The minimum absolute atomic E-state index is 0.0403. The molecule has 0 bridgehead atoms. The van der Waals surface area contributed by atoms with Crippen molar-refractivity contribution in [3.8, 4) is 0 Å². The van der Waals surface area contributed by atoms with Crippen LogP contribution in [0.25, 0.3) is 0 Å². The summed E-state index contributed by atoms with van der Waals surface area (Å²) in [6, 6.07) is 0.202. The fourth-order valence-electron chi connectivity index (χ4n) is 2.70. The first kappa shape index (κ1) is 22.2. The topological polar surface area (TPSA) is 86.3 Å². The second kappa shape index (κ2) is 12.5. The summed E-state index contributed by atoms with van der Waals surface area (Å²) >= 11 is 0. The van der Waals surface area contributed by atoms with E-state index in [1.807, 2.05) is 20.8 Å². The summed E-state index contributed by atoms with van der Waals surface area (Å²) in [7, 11) is 0. The van der Waals surface area contributed by atoms with E-state index in [2.05, 4.69) is 5.32 Å². The van der Waals surface area contributed by atoms with Crippen molar-refractivity contribution in [1.82, 2.24) is 5.32 Å². The van der Waals surface area contributed by atoms with Crippen molar-refractivity contribution in [3.05, 3.63) is 0 Å². The molecule has 0 aliphatic heterocycles. The Morgan fingerprint density at radius 1 is 0.960 bits per heavy atom. The minimum Gasteiger partial charge on any atom is -0.444 e. The average molecular weight is 361 g/mol. The zero-order chi connectivity index (χ0) is 18.5. The summed E-state index contributed by atoms with van der Waals surface area (Å²) in [5.41, 5.74) is -0.456. The second-order valence-electron chi connectivity index (χ2n) is 7.39. The number of carbonyl (C=O) groups is 1. The summed E-state index contributed by atoms with van der Waals surface area (Å²) < 4.78 is 21.4. The fraction of sp³-hybridized carbons (Fsp3) is 0.944. The lowest BCUT2D eigenvalue weighted by molar-refractivity contribution is -0.00136. The lowest BCUT2D eigenvalue weighted by Crippen LogP contribution is -2.41. The number of carbonyl (C=O) groups excluding carboxylic acids is 1. The van der Waals surface area contributed by atoms with Gasteiger partial charge in [0.25, 0.3) is 0 Å². The van der Waals surface area contributed by atoms with Crippen molar-refractivity contribution in [3.63, 3.8) is 0 Å². The number of hydrogen-bond donors (Lipinski definition) is 2. The van der Waals surface area contributed by atoms with Gasteiger partial charge in [-0.1, -0.05) is 0 Å². The van der Waals surface area contributed by atoms with Crippen molar-refractivity contribution < 1.29 is 28.8 Å². The van der Waals surface area contributed by atoms with E-state index in [-0.39, 0.29) is 18.7 Å². The maximum Gasteiger partial charge on any atom is 0.407 e. The predicted octanol–water partition coefficient (Wildman–Crippen LogP) is 2.11. The molecular weight excluding hydrogens is 326 g/mol. The van der Waals surface area contributed by atoms with E-state index in [0.29, 0.717) is 39.0 Å². The van der Waals surface area contributed by atoms with E-state index >= 15 is 0 Å². The molecule has 1 aliphatic rings. The highest BCUT2D eigenvalue weighted by atomic mass is 16.6. The second-order valence-corrected chi connectivity index (χ2v) is 7.39. The highest BCUT2D eigenvalue weighted by molar-refractivity contribution is 5.68. The Morgan fingerprint density at radius 3 is 2.08 bits per heavy atom. The first-order valence-electron chi connectivity index (χ1n) is 9.24. The molecule has 1 rings (SSSR count). The number of rotatable bonds is 11. The van der Waals surface area contributed by atoms with Crippen LogP contribution in [0, 0.1) is 5.92 Å². The van der Waals surface area contributed by atoms with Gasteiger partial charge in [0.05, 0.1) is 39.6 Å². The first-order chi connectivity index (χ1) is 11.9. The average Bonchev–Trinajstić information content (AvgIpc) is 2.53. The molecule has 1 amide bonds. The molecule has 148 valence electrons. The lowest BCUT2D eigenvalue weighted by Gasteiger charge is -2.30. The molecule has 1 fully saturated rings. The first-order valence-corrected chi connectivity index (χ1v) is 9.24. The van der Waals surface area contributed by atoms with E-state index < -0.39 is 5.60 Å². The van der Waals surface area contributed by atoms with Gasteiger partial charge in [-0.15, -0.1) is 0 Å². The Balaban J connectivity index is 1.97. The molecule has 7 heteroatoms. The number of hydrogen-bond acceptors (Lipinski definition) is 6. The quantitative estimate of drug-likeness (QED) is 0.548. The van der Waals surface area contributed by atoms with Crippen LogP contribution in [-0.2, 0) is 18.9 Å². The van der Waals surface area contributed by atoms with Gasteiger partial charge in [0.15, 0.2) is 0 Å². The Morgan fingerprint density at radius 2 is 1.52 bits per heavy atom. The van der Waals surface area contributed by atoms with Gasteiger partial charge in [0.2, 0.25) is 0 Å². The molecule has 0 aromatic heterocycles. The fourth-order valence-corrected chi connectivity index (χ4v) is 2.70. The predicted molar refractivity (Wildman–Crippen MR) is 94.7 cm³/mol. The van der Waals surface area contributed by atoms with E-state index in [1.165, 1.54) is 0 Å². The Bertz CT molecular complexity index is 350. The molecule has 7 nitrogen and oxygen atoms in total. The molecule has 0 spiro atoms. The van der Waals surface area contributed by atoms with E-state index in [0.717, 1.165) is 32.3 Å². The smallest absolute Gasteiger partial charge is 0.407 e. The van der Waals surface area contributed by atoms with Crippen molar-refractivity contribution in [2.45, 2.75) is 58.1 Å². The number of nitrogens with one attached hydrogen (secondary N) is 1. The van der Waals surface area contributed by atoms with Crippen molar-refractivity contribution in [2.24, 2.45) is 5.92 Å². The number of amides is 1. The SMILES string of the molecule is CC(C)(C)OC(=O)N[C@H]1CC[C@H](COCCOCCOCCO)CC1. The van der Waals surface area contributed by atoms with Gasteiger partial charge < -0.3 is 29.4 Å². The number of aliphatic hydroxyl groups is 1. The van der Waals surface area contributed by atoms with Crippen molar-refractivity contribution >= 4 is 6.09 Å². The van der Waals surface area contributed by atoms with Crippen LogP contribution in [0.2, 0.25) is 0 Å². The molecule has 0 aromatic carbocycles. The highest BCUT2D eigenvalue weighted by Crippen LogP contribution is 2.24. The van der Waals surface area contributed by atoms with Crippen LogP contribution in [0.4, 0.5) is 4.79 Å². The summed E-state index contributed by atoms with van der Waals surface area (Å²) in [5, 5.41) is 11.5. The summed E-state index contributed by atoms with van der Waals surface area (Å²) in [6.45, 7) is 8.88. The van der Waals surface area contributed by atoms with Crippen LogP contribution < -0.4 is 5.32 Å². The molecule has 0 atom stereocenters. The van der Waals surface area contributed by atoms with Gasteiger partial charge in [-0.05, 0) is 52.4 Å². The van der Waals surface area contributed by atoms with E-state index in [1.54, 1.807) is 0 Å². The van der Waals surface area contributed by atoms with Gasteiger partial charge in [-0.3, -0.25) is 0 Å². The Kier molecular flexibility index (Phi) is 11.0. The number of alkyl carbamates (subject to hydrolysis) is 1. The molecule has 0 radical (unpaired) electrons. The third-order valence-electron chi connectivity index (χ3n) is 3.90. The van der Waals surface area contributed by atoms with Crippen LogP contribution in [-0.4, -0.2) is 69.1 Å². The minimum atomic E-state index is -0.456. The normalized spacial score (nSPS) is 21.1. The molecule has 25 heavy (non-hydrogen) atoms. The highest BCUT2D eigenvalue weighted by Gasteiger charge is 2.24. The molecule has 0 unspecified atom stereocenters. The standard InChI is InChI=1S/C18H35NO6/c1-18(2,3)25-17(21)19-16-6-4-15(5-7-16)14-24-13-12-23-11-10-22-9-8-20/h15-16,20H,4-14H2,1-3H3,(H,19,21)/t15-,16-. The number of aliphatic hydroxyl groups excluding tert-OH is 1. The Labute approximate surface area is 151 Å². The molecule has 0 aromatic rings. The monoisotopic (exact) mass is 361 g/mol. The van der Waals surface area contributed by atoms with Crippen LogP contribution in [0.5, 0.6) is 0 Å². The Hall–Kier alpha value is -0.890. The molecule has 2 N–H and O–H groups in total. The lowest BCUT2D eigenvalue weighted by atomic mass is 9.86. The van der Waals surface area contributed by atoms with Crippen molar-refractivity contribution in [1.29, 1.82) is 0 Å². The molecule has 1 saturated carbocycles. The van der Waals surface area contributed by atoms with E-state index in [4.69, 9.17) is 24.1 Å². The molecular formula is C18H35NO6. The zero-order valence-electron chi connectivity index (χ0n) is 15.9. The van der Waals surface area contributed by atoms with Crippen molar-refractivity contribution in [2.75, 3.05) is 46.2 Å². The summed E-state index contributed by atoms with van der Waals surface area (Å²) in [4.78, 5) is 11.8. The number of ether oxygens (including phenoxy) is 4. The van der Waals surface area contributed by atoms with Gasteiger partial charge in [-0.25, -0.2) is 4.79 Å². The summed E-state index contributed by atoms with van der Waals surface area (Å²) in [5.74, 6) is 0.546. The van der Waals surface area contributed by atoms with Crippen LogP contribution in [0.15, 0.2) is 0 Å². The molecule has 1 aliphatic carbocycles. The van der Waals surface area contributed by atoms with Crippen LogP contribution in [0.3, 0.4) is 0 Å². The van der Waals surface area contributed by atoms with Crippen LogP contribution >= 0.6 is 0 Å². The largest absolute Gasteiger partial charge is 0.444 e. The maximum absolute atomic E-state index is 11.8. The van der Waals surface area contributed by atoms with Gasteiger partial charge in [0.1, 0.15) is 5.60 Å². The van der Waals surface area contributed by atoms with Gasteiger partial charge in [0, 0.05) is 12.6 Å². The van der Waals surface area contributed by atoms with Gasteiger partial charge in [-0.2, -0.15) is 0 Å². The van der Waals surface area contributed by atoms with Gasteiger partial charge >= 0.3 is 6.09 Å². The van der Waals surface area contributed by atoms with Crippen LogP contribution in [0.1, 0.15) is 46.5 Å². The van der Waals surface area contributed by atoms with E-state index in [9.17, 15) is 4.79 Å². The molecule has 0 saturated heterocycles. The third-order valence-corrected chi connectivity index (χ3v) is 3.90. The third kappa shape index (κ3) is 12.2. The zero-order valence-corrected chi connectivity index (χ0v) is 15.9. The summed E-state index contributed by atoms with van der Waals surface area (Å²) in [6.07, 6.45) is 3.71.